The fourth-order valence-electron chi connectivity index (χ4n) is 1.88. The minimum atomic E-state index is -0.118. The van der Waals surface area contributed by atoms with Crippen LogP contribution in [-0.4, -0.2) is 25.3 Å². The van der Waals surface area contributed by atoms with Gasteiger partial charge in [0.15, 0.2) is 0 Å². The highest BCUT2D eigenvalue weighted by atomic mass is 32.1. The Kier molecular flexibility index (Phi) is 5.01. The largest absolute Gasteiger partial charge is 0.463 e. The maximum Gasteiger partial charge on any atom is 0.306 e. The molecule has 1 aromatic heterocycles. The molecule has 2 heterocycles. The molecule has 0 N–H and O–H groups in total. The quantitative estimate of drug-likeness (QED) is 0.758. The van der Waals surface area contributed by atoms with E-state index in [-0.39, 0.29) is 12.1 Å². The van der Waals surface area contributed by atoms with Crippen LogP contribution in [0.15, 0.2) is 17.5 Å². The maximum atomic E-state index is 11.5. The van der Waals surface area contributed by atoms with Gasteiger partial charge in [-0.3, -0.25) is 4.79 Å². The van der Waals surface area contributed by atoms with Crippen molar-refractivity contribution in [2.45, 2.75) is 38.2 Å². The molecular formula is C13H18O3S. The van der Waals surface area contributed by atoms with Crippen molar-refractivity contribution in [3.63, 3.8) is 0 Å². The Bertz CT molecular complexity index is 328. The summed E-state index contributed by atoms with van der Waals surface area (Å²) in [5.41, 5.74) is 0. The van der Waals surface area contributed by atoms with Gasteiger partial charge in [-0.2, -0.15) is 0 Å². The van der Waals surface area contributed by atoms with Crippen LogP contribution >= 0.6 is 11.3 Å². The van der Waals surface area contributed by atoms with E-state index >= 15 is 0 Å². The van der Waals surface area contributed by atoms with Crippen LogP contribution < -0.4 is 0 Å². The van der Waals surface area contributed by atoms with Gasteiger partial charge in [0.1, 0.15) is 6.61 Å². The molecule has 1 aliphatic heterocycles. The average molecular weight is 254 g/mol. The fourth-order valence-corrected chi connectivity index (χ4v) is 2.59. The topological polar surface area (TPSA) is 35.5 Å². The molecule has 17 heavy (non-hydrogen) atoms. The van der Waals surface area contributed by atoms with Crippen molar-refractivity contribution >= 4 is 17.3 Å². The lowest BCUT2D eigenvalue weighted by Gasteiger charge is -2.22. The van der Waals surface area contributed by atoms with E-state index in [1.54, 1.807) is 11.3 Å². The molecule has 1 unspecified atom stereocenters. The first kappa shape index (κ1) is 12.6. The smallest absolute Gasteiger partial charge is 0.306 e. The Hall–Kier alpha value is -0.870. The minimum absolute atomic E-state index is 0.118. The molecule has 0 amide bonds. The number of rotatable bonds is 5. The van der Waals surface area contributed by atoms with Crippen molar-refractivity contribution < 1.29 is 14.3 Å². The third-order valence-electron chi connectivity index (χ3n) is 2.86. The average Bonchev–Trinajstić information content (AvgIpc) is 2.88. The molecule has 3 nitrogen and oxygen atoms in total. The summed E-state index contributed by atoms with van der Waals surface area (Å²) in [7, 11) is 0. The summed E-state index contributed by atoms with van der Waals surface area (Å²) in [6.07, 6.45) is 4.68. The second-order valence-electron chi connectivity index (χ2n) is 4.25. The summed E-state index contributed by atoms with van der Waals surface area (Å²) in [4.78, 5) is 12.7. The molecule has 1 aliphatic rings. The van der Waals surface area contributed by atoms with Crippen molar-refractivity contribution in [3.8, 4) is 0 Å². The van der Waals surface area contributed by atoms with Gasteiger partial charge in [-0.05, 0) is 37.1 Å². The molecular weight excluding hydrogens is 236 g/mol. The normalized spacial score (nSPS) is 20.1. The Morgan fingerprint density at radius 3 is 3.18 bits per heavy atom. The van der Waals surface area contributed by atoms with Crippen molar-refractivity contribution in [3.05, 3.63) is 22.4 Å². The minimum Gasteiger partial charge on any atom is -0.463 e. The number of carbonyl (C=O) groups excluding carboxylic acids is 1. The van der Waals surface area contributed by atoms with Crippen LogP contribution in [-0.2, 0) is 20.7 Å². The molecule has 1 atom stereocenters. The summed E-state index contributed by atoms with van der Waals surface area (Å²) in [6.45, 7) is 1.22. The predicted octanol–water partition coefficient (Wildman–Crippen LogP) is 2.79. The molecule has 4 heteroatoms. The number of ether oxygens (including phenoxy) is 2. The Morgan fingerprint density at radius 2 is 2.47 bits per heavy atom. The lowest BCUT2D eigenvalue weighted by atomic mass is 10.1. The second kappa shape index (κ2) is 6.77. The maximum absolute atomic E-state index is 11.5. The summed E-state index contributed by atoms with van der Waals surface area (Å²) < 4.78 is 10.7. The standard InChI is InChI=1S/C13H18O3S/c14-13(7-6-12-5-3-9-17-12)16-10-11-4-1-2-8-15-11/h3,5,9,11H,1-2,4,6-8,10H2. The van der Waals surface area contributed by atoms with Crippen LogP contribution in [0.1, 0.15) is 30.6 Å². The number of carbonyl (C=O) groups is 1. The van der Waals surface area contributed by atoms with Gasteiger partial charge in [-0.15, -0.1) is 11.3 Å². The zero-order valence-corrected chi connectivity index (χ0v) is 10.7. The number of esters is 1. The van der Waals surface area contributed by atoms with E-state index in [9.17, 15) is 4.79 Å². The zero-order chi connectivity index (χ0) is 11.9. The number of thiophene rings is 1. The third kappa shape index (κ3) is 4.48. The van der Waals surface area contributed by atoms with Crippen LogP contribution in [0.2, 0.25) is 0 Å². The lowest BCUT2D eigenvalue weighted by molar-refractivity contribution is -0.149. The van der Waals surface area contributed by atoms with Gasteiger partial charge in [-0.1, -0.05) is 6.07 Å². The van der Waals surface area contributed by atoms with E-state index < -0.39 is 0 Å². The van der Waals surface area contributed by atoms with Gasteiger partial charge in [0.05, 0.1) is 12.5 Å². The first-order valence-corrected chi connectivity index (χ1v) is 7.02. The molecule has 0 bridgehead atoms. The molecule has 1 fully saturated rings. The number of hydrogen-bond acceptors (Lipinski definition) is 4. The molecule has 0 saturated carbocycles. The highest BCUT2D eigenvalue weighted by Gasteiger charge is 2.15. The molecule has 0 spiro atoms. The highest BCUT2D eigenvalue weighted by Crippen LogP contribution is 2.14. The van der Waals surface area contributed by atoms with Crippen LogP contribution in [0.25, 0.3) is 0 Å². The summed E-state index contributed by atoms with van der Waals surface area (Å²) in [5.74, 6) is -0.118. The van der Waals surface area contributed by atoms with Crippen molar-refractivity contribution in [2.24, 2.45) is 0 Å². The number of aryl methyl sites for hydroxylation is 1. The monoisotopic (exact) mass is 254 g/mol. The lowest BCUT2D eigenvalue weighted by Crippen LogP contribution is -2.25. The summed E-state index contributed by atoms with van der Waals surface area (Å²) in [6, 6.07) is 4.05. The van der Waals surface area contributed by atoms with Gasteiger partial charge in [0, 0.05) is 11.5 Å². The highest BCUT2D eigenvalue weighted by molar-refractivity contribution is 7.09. The summed E-state index contributed by atoms with van der Waals surface area (Å²) >= 11 is 1.68. The van der Waals surface area contributed by atoms with Gasteiger partial charge in [0.25, 0.3) is 0 Å². The Morgan fingerprint density at radius 1 is 1.53 bits per heavy atom. The van der Waals surface area contributed by atoms with E-state index in [0.29, 0.717) is 13.0 Å². The fraction of sp³-hybridized carbons (Fsp3) is 0.615. The van der Waals surface area contributed by atoms with Gasteiger partial charge in [-0.25, -0.2) is 0 Å². The van der Waals surface area contributed by atoms with Crippen LogP contribution in [0.3, 0.4) is 0 Å². The molecule has 0 aromatic carbocycles. The van der Waals surface area contributed by atoms with Gasteiger partial charge >= 0.3 is 5.97 Å². The summed E-state index contributed by atoms with van der Waals surface area (Å²) in [5, 5.41) is 2.02. The van der Waals surface area contributed by atoms with E-state index in [1.165, 1.54) is 11.3 Å². The SMILES string of the molecule is O=C(CCc1cccs1)OCC1CCCCO1. The zero-order valence-electron chi connectivity index (χ0n) is 9.89. The van der Waals surface area contributed by atoms with Gasteiger partial charge in [0.2, 0.25) is 0 Å². The predicted molar refractivity (Wildman–Crippen MR) is 67.2 cm³/mol. The molecule has 0 radical (unpaired) electrons. The van der Waals surface area contributed by atoms with Crippen molar-refractivity contribution in [1.29, 1.82) is 0 Å². The van der Waals surface area contributed by atoms with E-state index in [2.05, 4.69) is 0 Å². The van der Waals surface area contributed by atoms with E-state index in [4.69, 9.17) is 9.47 Å². The van der Waals surface area contributed by atoms with Gasteiger partial charge < -0.3 is 9.47 Å². The van der Waals surface area contributed by atoms with Crippen LogP contribution in [0, 0.1) is 0 Å². The molecule has 1 saturated heterocycles. The van der Waals surface area contributed by atoms with Crippen LogP contribution in [0.4, 0.5) is 0 Å². The molecule has 2 rings (SSSR count). The Labute approximate surface area is 106 Å². The third-order valence-corrected chi connectivity index (χ3v) is 3.80. The molecule has 0 aliphatic carbocycles. The Balaban J connectivity index is 1.60. The first-order valence-electron chi connectivity index (χ1n) is 6.14. The van der Waals surface area contributed by atoms with Crippen LogP contribution in [0.5, 0.6) is 0 Å². The molecule has 94 valence electrons. The van der Waals surface area contributed by atoms with Crippen molar-refractivity contribution in [1.82, 2.24) is 0 Å². The first-order chi connectivity index (χ1) is 8.34. The molecule has 1 aromatic rings. The van der Waals surface area contributed by atoms with Crippen molar-refractivity contribution in [2.75, 3.05) is 13.2 Å². The second-order valence-corrected chi connectivity index (χ2v) is 5.28. The van der Waals surface area contributed by atoms with E-state index in [1.807, 2.05) is 17.5 Å². The number of hydrogen-bond donors (Lipinski definition) is 0. The van der Waals surface area contributed by atoms with E-state index in [0.717, 1.165) is 25.9 Å².